The molecule has 1 rings (SSSR count). The molecule has 1 aliphatic carbocycles. The molecule has 0 saturated heterocycles. The summed E-state index contributed by atoms with van der Waals surface area (Å²) in [7, 11) is 0. The topological polar surface area (TPSA) is 35.5 Å². The molecule has 3 nitrogen and oxygen atoms in total. The lowest BCUT2D eigenvalue weighted by Gasteiger charge is -2.39. The van der Waals surface area contributed by atoms with Crippen molar-refractivity contribution in [3.8, 4) is 0 Å². The highest BCUT2D eigenvalue weighted by molar-refractivity contribution is 4.86. The lowest BCUT2D eigenvalue weighted by atomic mass is 9.76. The van der Waals surface area contributed by atoms with Gasteiger partial charge in [0.05, 0.1) is 6.61 Å². The zero-order valence-electron chi connectivity index (χ0n) is 12.5. The predicted molar refractivity (Wildman–Crippen MR) is 77.8 cm³/mol. The molecule has 0 radical (unpaired) electrons. The molecule has 0 aromatic heterocycles. The third kappa shape index (κ3) is 4.87. The Morgan fingerprint density at radius 3 is 2.56 bits per heavy atom. The Morgan fingerprint density at radius 1 is 1.22 bits per heavy atom. The summed E-state index contributed by atoms with van der Waals surface area (Å²) in [5, 5.41) is 12.8. The molecule has 1 fully saturated rings. The van der Waals surface area contributed by atoms with E-state index in [0.717, 1.165) is 38.0 Å². The highest BCUT2D eigenvalue weighted by Crippen LogP contribution is 2.31. The number of rotatable bonds is 8. The highest BCUT2D eigenvalue weighted by atomic mass is 16.3. The molecular weight excluding hydrogens is 224 g/mol. The zero-order valence-corrected chi connectivity index (χ0v) is 12.5. The summed E-state index contributed by atoms with van der Waals surface area (Å²) in [6.45, 7) is 11.1. The van der Waals surface area contributed by atoms with Crippen LogP contribution < -0.4 is 5.32 Å². The third-order valence-electron chi connectivity index (χ3n) is 4.49. The van der Waals surface area contributed by atoms with Gasteiger partial charge in [0.15, 0.2) is 0 Å². The van der Waals surface area contributed by atoms with Gasteiger partial charge >= 0.3 is 0 Å². The van der Waals surface area contributed by atoms with Crippen molar-refractivity contribution in [1.29, 1.82) is 0 Å². The van der Waals surface area contributed by atoms with Crippen molar-refractivity contribution in [2.75, 3.05) is 32.8 Å². The van der Waals surface area contributed by atoms with Crippen molar-refractivity contribution >= 4 is 0 Å². The van der Waals surface area contributed by atoms with Crippen LogP contribution in [0.25, 0.3) is 0 Å². The number of nitrogens with one attached hydrogen (secondary N) is 1. The average molecular weight is 256 g/mol. The Labute approximate surface area is 113 Å². The first kappa shape index (κ1) is 15.9. The Kier molecular flexibility index (Phi) is 7.87. The van der Waals surface area contributed by atoms with E-state index in [9.17, 15) is 0 Å². The molecule has 108 valence electrons. The van der Waals surface area contributed by atoms with Gasteiger partial charge in [-0.05, 0) is 44.2 Å². The number of hydrogen-bond acceptors (Lipinski definition) is 3. The summed E-state index contributed by atoms with van der Waals surface area (Å²) in [6, 6.07) is 0.686. The zero-order chi connectivity index (χ0) is 13.4. The van der Waals surface area contributed by atoms with Crippen LogP contribution in [0.4, 0.5) is 0 Å². The molecule has 3 atom stereocenters. The molecule has 0 aromatic rings. The molecule has 1 aliphatic rings. The first-order valence-corrected chi connectivity index (χ1v) is 7.81. The fourth-order valence-corrected chi connectivity index (χ4v) is 3.32. The fourth-order valence-electron chi connectivity index (χ4n) is 3.32. The molecule has 3 unspecified atom stereocenters. The predicted octanol–water partition coefficient (Wildman–Crippen LogP) is 2.11. The van der Waals surface area contributed by atoms with Crippen molar-refractivity contribution in [3.05, 3.63) is 0 Å². The maximum absolute atomic E-state index is 9.11. The SMILES string of the molecule is CCNC1CCC(CC)CC1CN(CC)CCO. The molecule has 0 spiro atoms. The standard InChI is InChI=1S/C15H32N2O/c1-4-13-7-8-15(16-5-2)14(11-13)12-17(6-3)9-10-18/h13-16,18H,4-12H2,1-3H3. The molecule has 0 aromatic carbocycles. The smallest absolute Gasteiger partial charge is 0.0558 e. The van der Waals surface area contributed by atoms with E-state index in [1.54, 1.807) is 0 Å². The molecule has 0 amide bonds. The van der Waals surface area contributed by atoms with Crippen molar-refractivity contribution < 1.29 is 5.11 Å². The maximum Gasteiger partial charge on any atom is 0.0558 e. The molecule has 2 N–H and O–H groups in total. The Morgan fingerprint density at radius 2 is 2.00 bits per heavy atom. The van der Waals surface area contributed by atoms with E-state index in [2.05, 4.69) is 31.0 Å². The fraction of sp³-hybridized carbons (Fsp3) is 1.00. The van der Waals surface area contributed by atoms with Crippen LogP contribution in [0, 0.1) is 11.8 Å². The summed E-state index contributed by atoms with van der Waals surface area (Å²) in [5.41, 5.74) is 0. The van der Waals surface area contributed by atoms with E-state index in [0.29, 0.717) is 6.04 Å². The van der Waals surface area contributed by atoms with Gasteiger partial charge in [-0.3, -0.25) is 0 Å². The number of aliphatic hydroxyl groups is 1. The minimum atomic E-state index is 0.281. The van der Waals surface area contributed by atoms with Crippen LogP contribution in [0.15, 0.2) is 0 Å². The minimum absolute atomic E-state index is 0.281. The molecule has 0 bridgehead atoms. The van der Waals surface area contributed by atoms with Crippen molar-refractivity contribution in [2.24, 2.45) is 11.8 Å². The lowest BCUT2D eigenvalue weighted by molar-refractivity contribution is 0.125. The molecule has 0 heterocycles. The van der Waals surface area contributed by atoms with Crippen LogP contribution in [0.2, 0.25) is 0 Å². The van der Waals surface area contributed by atoms with E-state index in [1.807, 2.05) is 0 Å². The van der Waals surface area contributed by atoms with Crippen LogP contribution in [-0.4, -0.2) is 48.8 Å². The van der Waals surface area contributed by atoms with E-state index in [4.69, 9.17) is 5.11 Å². The Hall–Kier alpha value is -0.120. The average Bonchev–Trinajstić information content (AvgIpc) is 2.40. The largest absolute Gasteiger partial charge is 0.395 e. The molecule has 18 heavy (non-hydrogen) atoms. The van der Waals surface area contributed by atoms with Crippen LogP contribution >= 0.6 is 0 Å². The van der Waals surface area contributed by atoms with Gasteiger partial charge in [0.1, 0.15) is 0 Å². The number of aliphatic hydroxyl groups excluding tert-OH is 1. The first-order valence-electron chi connectivity index (χ1n) is 7.81. The van der Waals surface area contributed by atoms with Gasteiger partial charge in [-0.1, -0.05) is 27.2 Å². The van der Waals surface area contributed by atoms with Gasteiger partial charge in [-0.15, -0.1) is 0 Å². The summed E-state index contributed by atoms with van der Waals surface area (Å²) in [5.74, 6) is 1.67. The van der Waals surface area contributed by atoms with E-state index >= 15 is 0 Å². The molecule has 1 saturated carbocycles. The van der Waals surface area contributed by atoms with E-state index in [1.165, 1.54) is 25.7 Å². The summed E-state index contributed by atoms with van der Waals surface area (Å²) in [6.07, 6.45) is 5.39. The van der Waals surface area contributed by atoms with Gasteiger partial charge in [0.25, 0.3) is 0 Å². The Balaban J connectivity index is 2.53. The van der Waals surface area contributed by atoms with Crippen molar-refractivity contribution in [1.82, 2.24) is 10.2 Å². The molecular formula is C15H32N2O. The van der Waals surface area contributed by atoms with Gasteiger partial charge < -0.3 is 15.3 Å². The van der Waals surface area contributed by atoms with Crippen molar-refractivity contribution in [2.45, 2.75) is 52.5 Å². The minimum Gasteiger partial charge on any atom is -0.395 e. The Bertz CT molecular complexity index is 211. The normalized spacial score (nSPS) is 28.8. The van der Waals surface area contributed by atoms with Crippen molar-refractivity contribution in [3.63, 3.8) is 0 Å². The van der Waals surface area contributed by atoms with Gasteiger partial charge in [-0.25, -0.2) is 0 Å². The summed E-state index contributed by atoms with van der Waals surface area (Å²) < 4.78 is 0. The quantitative estimate of drug-likeness (QED) is 0.698. The number of likely N-dealkylation sites (N-methyl/N-ethyl adjacent to an activating group) is 1. The summed E-state index contributed by atoms with van der Waals surface area (Å²) >= 11 is 0. The van der Waals surface area contributed by atoms with Gasteiger partial charge in [-0.2, -0.15) is 0 Å². The van der Waals surface area contributed by atoms with Crippen LogP contribution in [-0.2, 0) is 0 Å². The maximum atomic E-state index is 9.11. The van der Waals surface area contributed by atoms with E-state index < -0.39 is 0 Å². The highest BCUT2D eigenvalue weighted by Gasteiger charge is 2.30. The summed E-state index contributed by atoms with van der Waals surface area (Å²) in [4.78, 5) is 2.40. The first-order chi connectivity index (χ1) is 8.74. The van der Waals surface area contributed by atoms with Crippen LogP contribution in [0.1, 0.15) is 46.5 Å². The number of nitrogens with zero attached hydrogens (tertiary/aromatic N) is 1. The second-order valence-electron chi connectivity index (χ2n) is 5.63. The molecule has 0 aliphatic heterocycles. The second kappa shape index (κ2) is 8.89. The van der Waals surface area contributed by atoms with Gasteiger partial charge in [0, 0.05) is 19.1 Å². The van der Waals surface area contributed by atoms with Gasteiger partial charge in [0.2, 0.25) is 0 Å². The van der Waals surface area contributed by atoms with Crippen LogP contribution in [0.5, 0.6) is 0 Å². The molecule has 3 heteroatoms. The monoisotopic (exact) mass is 256 g/mol. The third-order valence-corrected chi connectivity index (χ3v) is 4.49. The van der Waals surface area contributed by atoms with E-state index in [-0.39, 0.29) is 6.61 Å². The number of hydrogen-bond donors (Lipinski definition) is 2. The van der Waals surface area contributed by atoms with Crippen LogP contribution in [0.3, 0.4) is 0 Å². The lowest BCUT2D eigenvalue weighted by Crippen LogP contribution is -2.46. The second-order valence-corrected chi connectivity index (χ2v) is 5.63.